The summed E-state index contributed by atoms with van der Waals surface area (Å²) in [5.41, 5.74) is 4.87. The SMILES string of the molecule is Cc1ncsc1[C@@H](C)c1ccc(NC(=O)Nc2ccn[nH]2)cc1. The van der Waals surface area contributed by atoms with Crippen molar-refractivity contribution in [2.75, 3.05) is 10.6 Å². The van der Waals surface area contributed by atoms with E-state index in [1.807, 2.05) is 36.7 Å². The monoisotopic (exact) mass is 327 g/mol. The van der Waals surface area contributed by atoms with Crippen LogP contribution in [0.5, 0.6) is 0 Å². The van der Waals surface area contributed by atoms with Gasteiger partial charge in [0.1, 0.15) is 5.82 Å². The van der Waals surface area contributed by atoms with Crippen LogP contribution in [0.1, 0.15) is 29.0 Å². The summed E-state index contributed by atoms with van der Waals surface area (Å²) in [5.74, 6) is 0.837. The fraction of sp³-hybridized carbons (Fsp3) is 0.188. The highest BCUT2D eigenvalue weighted by Gasteiger charge is 2.13. The number of aryl methyl sites for hydroxylation is 1. The van der Waals surface area contributed by atoms with E-state index in [1.165, 1.54) is 10.4 Å². The van der Waals surface area contributed by atoms with Crippen molar-refractivity contribution in [2.24, 2.45) is 0 Å². The molecular weight excluding hydrogens is 310 g/mol. The molecule has 23 heavy (non-hydrogen) atoms. The molecule has 3 aromatic rings. The summed E-state index contributed by atoms with van der Waals surface area (Å²) in [6.07, 6.45) is 1.58. The normalized spacial score (nSPS) is 11.9. The smallest absolute Gasteiger partial charge is 0.308 e. The summed E-state index contributed by atoms with van der Waals surface area (Å²) in [7, 11) is 0. The van der Waals surface area contributed by atoms with Crippen molar-refractivity contribution < 1.29 is 4.79 Å². The van der Waals surface area contributed by atoms with Crippen molar-refractivity contribution in [3.8, 4) is 0 Å². The van der Waals surface area contributed by atoms with Gasteiger partial charge in [-0.2, -0.15) is 5.10 Å². The predicted octanol–water partition coefficient (Wildman–Crippen LogP) is 3.97. The Morgan fingerprint density at radius 3 is 2.61 bits per heavy atom. The van der Waals surface area contributed by atoms with Gasteiger partial charge in [-0.3, -0.25) is 10.4 Å². The summed E-state index contributed by atoms with van der Waals surface area (Å²) < 4.78 is 0. The molecule has 1 atom stereocenters. The van der Waals surface area contributed by atoms with Gasteiger partial charge in [-0.25, -0.2) is 9.78 Å². The Bertz CT molecular complexity index is 779. The number of aromatic nitrogens is 3. The number of thiazole rings is 1. The van der Waals surface area contributed by atoms with Crippen LogP contribution in [-0.4, -0.2) is 21.2 Å². The summed E-state index contributed by atoms with van der Waals surface area (Å²) in [6.45, 7) is 4.19. The van der Waals surface area contributed by atoms with Crippen LogP contribution in [-0.2, 0) is 0 Å². The van der Waals surface area contributed by atoms with Crippen molar-refractivity contribution in [2.45, 2.75) is 19.8 Å². The van der Waals surface area contributed by atoms with Gasteiger partial charge in [-0.05, 0) is 24.6 Å². The Hall–Kier alpha value is -2.67. The van der Waals surface area contributed by atoms with Gasteiger partial charge in [0.15, 0.2) is 0 Å². The van der Waals surface area contributed by atoms with Crippen LogP contribution in [0, 0.1) is 6.92 Å². The van der Waals surface area contributed by atoms with Crippen LogP contribution in [0.25, 0.3) is 0 Å². The van der Waals surface area contributed by atoms with Crippen molar-refractivity contribution in [1.82, 2.24) is 15.2 Å². The number of hydrogen-bond acceptors (Lipinski definition) is 4. The van der Waals surface area contributed by atoms with Crippen molar-refractivity contribution >= 4 is 28.9 Å². The number of carbonyl (C=O) groups excluding carboxylic acids is 1. The minimum atomic E-state index is -0.312. The highest BCUT2D eigenvalue weighted by molar-refractivity contribution is 7.09. The van der Waals surface area contributed by atoms with Crippen LogP contribution in [0.2, 0.25) is 0 Å². The van der Waals surface area contributed by atoms with Crippen molar-refractivity contribution in [3.63, 3.8) is 0 Å². The Labute approximate surface area is 138 Å². The summed E-state index contributed by atoms with van der Waals surface area (Å²) in [6, 6.07) is 9.21. The first-order valence-electron chi connectivity index (χ1n) is 7.21. The lowest BCUT2D eigenvalue weighted by Crippen LogP contribution is -2.19. The molecule has 0 fully saturated rings. The third-order valence-corrected chi connectivity index (χ3v) is 4.71. The van der Waals surface area contributed by atoms with Gasteiger partial charge >= 0.3 is 6.03 Å². The molecule has 0 saturated carbocycles. The number of urea groups is 1. The largest absolute Gasteiger partial charge is 0.324 e. The number of hydrogen-bond donors (Lipinski definition) is 3. The molecule has 6 nitrogen and oxygen atoms in total. The van der Waals surface area contributed by atoms with Crippen LogP contribution < -0.4 is 10.6 Å². The Balaban J connectivity index is 1.65. The average molecular weight is 327 g/mol. The minimum Gasteiger partial charge on any atom is -0.308 e. The van der Waals surface area contributed by atoms with E-state index in [9.17, 15) is 4.79 Å². The molecule has 0 aliphatic carbocycles. The average Bonchev–Trinajstić information content (AvgIpc) is 3.19. The molecule has 0 spiro atoms. The second kappa shape index (κ2) is 6.62. The van der Waals surface area contributed by atoms with Crippen LogP contribution >= 0.6 is 11.3 Å². The van der Waals surface area contributed by atoms with Crippen LogP contribution in [0.15, 0.2) is 42.0 Å². The molecule has 0 saturated heterocycles. The van der Waals surface area contributed by atoms with Crippen LogP contribution in [0.4, 0.5) is 16.3 Å². The molecule has 3 N–H and O–H groups in total. The van der Waals surface area contributed by atoms with Crippen molar-refractivity contribution in [3.05, 3.63) is 58.2 Å². The maximum atomic E-state index is 11.9. The first-order valence-corrected chi connectivity index (χ1v) is 8.09. The van der Waals surface area contributed by atoms with Crippen LogP contribution in [0.3, 0.4) is 0 Å². The van der Waals surface area contributed by atoms with Gasteiger partial charge in [-0.1, -0.05) is 19.1 Å². The Kier molecular flexibility index (Phi) is 4.38. The number of H-pyrrole nitrogens is 1. The quantitative estimate of drug-likeness (QED) is 0.678. The fourth-order valence-corrected chi connectivity index (χ4v) is 3.23. The minimum absolute atomic E-state index is 0.287. The number of benzene rings is 1. The molecule has 1 aromatic carbocycles. The Morgan fingerprint density at radius 1 is 1.22 bits per heavy atom. The first-order chi connectivity index (χ1) is 11.1. The van der Waals surface area contributed by atoms with Crippen molar-refractivity contribution in [1.29, 1.82) is 0 Å². The zero-order valence-corrected chi connectivity index (χ0v) is 13.6. The highest BCUT2D eigenvalue weighted by atomic mass is 32.1. The molecule has 0 unspecified atom stereocenters. The maximum absolute atomic E-state index is 11.9. The first kappa shape index (κ1) is 15.2. The van der Waals surface area contributed by atoms with Gasteiger partial charge in [-0.15, -0.1) is 11.3 Å². The molecule has 0 aliphatic heterocycles. The third kappa shape index (κ3) is 3.57. The molecule has 0 radical (unpaired) electrons. The number of nitrogens with zero attached hydrogens (tertiary/aromatic N) is 2. The van der Waals surface area contributed by atoms with E-state index in [0.29, 0.717) is 5.82 Å². The van der Waals surface area contributed by atoms with Gasteiger partial charge in [0.2, 0.25) is 0 Å². The van der Waals surface area contributed by atoms with E-state index in [1.54, 1.807) is 23.6 Å². The number of anilines is 2. The standard InChI is InChI=1S/C16H17N5OS/c1-10(15-11(2)17-9-23-15)12-3-5-13(6-4-12)19-16(22)20-14-7-8-18-21-14/h3-10H,1-2H3,(H3,18,19,20,21,22)/t10-/m0/s1. The number of amides is 2. The maximum Gasteiger partial charge on any atom is 0.324 e. The molecule has 118 valence electrons. The molecule has 2 aromatic heterocycles. The van der Waals surface area contributed by atoms with E-state index < -0.39 is 0 Å². The molecule has 2 heterocycles. The van der Waals surface area contributed by atoms with E-state index in [2.05, 4.69) is 32.7 Å². The second-order valence-corrected chi connectivity index (χ2v) is 6.08. The van der Waals surface area contributed by atoms with E-state index >= 15 is 0 Å². The summed E-state index contributed by atoms with van der Waals surface area (Å²) >= 11 is 1.67. The number of rotatable bonds is 4. The molecule has 0 aliphatic rings. The molecular formula is C16H17N5OS. The zero-order chi connectivity index (χ0) is 16.2. The lowest BCUT2D eigenvalue weighted by Gasteiger charge is -2.12. The van der Waals surface area contributed by atoms with E-state index in [0.717, 1.165) is 11.4 Å². The number of aromatic amines is 1. The predicted molar refractivity (Wildman–Crippen MR) is 92.0 cm³/mol. The number of nitrogens with one attached hydrogen (secondary N) is 3. The zero-order valence-electron chi connectivity index (χ0n) is 12.8. The lowest BCUT2D eigenvalue weighted by atomic mass is 9.98. The molecule has 2 amide bonds. The molecule has 0 bridgehead atoms. The molecule has 3 rings (SSSR count). The second-order valence-electron chi connectivity index (χ2n) is 5.20. The van der Waals surface area contributed by atoms with Gasteiger partial charge in [0.05, 0.1) is 17.4 Å². The van der Waals surface area contributed by atoms with Gasteiger partial charge in [0, 0.05) is 22.5 Å². The van der Waals surface area contributed by atoms with E-state index in [-0.39, 0.29) is 11.9 Å². The van der Waals surface area contributed by atoms with Gasteiger partial charge < -0.3 is 5.32 Å². The number of carbonyl (C=O) groups is 1. The van der Waals surface area contributed by atoms with E-state index in [4.69, 9.17) is 0 Å². The Morgan fingerprint density at radius 2 is 2.00 bits per heavy atom. The highest BCUT2D eigenvalue weighted by Crippen LogP contribution is 2.30. The van der Waals surface area contributed by atoms with Gasteiger partial charge in [0.25, 0.3) is 0 Å². The topological polar surface area (TPSA) is 82.7 Å². The fourth-order valence-electron chi connectivity index (χ4n) is 2.34. The third-order valence-electron chi connectivity index (χ3n) is 3.59. The summed E-state index contributed by atoms with van der Waals surface area (Å²) in [4.78, 5) is 17.4. The summed E-state index contributed by atoms with van der Waals surface area (Å²) in [5, 5.41) is 11.9. The molecule has 7 heteroatoms. The lowest BCUT2D eigenvalue weighted by molar-refractivity contribution is 0.262.